The topological polar surface area (TPSA) is 60.3 Å². The first-order chi connectivity index (χ1) is 10.6. The Morgan fingerprint density at radius 1 is 1.23 bits per heavy atom. The molecular formula is C15H23N2O4S+. The molecule has 22 heavy (non-hydrogen) atoms. The molecule has 122 valence electrons. The van der Waals surface area contributed by atoms with Gasteiger partial charge in [-0.2, -0.15) is 4.31 Å². The van der Waals surface area contributed by atoms with E-state index in [0.29, 0.717) is 30.6 Å². The normalized spacial score (nSPS) is 25.7. The van der Waals surface area contributed by atoms with Crippen LogP contribution in [0.25, 0.3) is 0 Å². The zero-order chi connectivity index (χ0) is 15.7. The summed E-state index contributed by atoms with van der Waals surface area (Å²) in [6, 6.07) is 5.32. The van der Waals surface area contributed by atoms with Gasteiger partial charge in [0.25, 0.3) is 0 Å². The lowest BCUT2D eigenvalue weighted by Gasteiger charge is -2.34. The highest BCUT2D eigenvalue weighted by Crippen LogP contribution is 2.31. The van der Waals surface area contributed by atoms with Gasteiger partial charge in [0.2, 0.25) is 10.0 Å². The summed E-state index contributed by atoms with van der Waals surface area (Å²) in [4.78, 5) is 1.74. The lowest BCUT2D eigenvalue weighted by atomic mass is 10.2. The summed E-state index contributed by atoms with van der Waals surface area (Å²) in [5.41, 5.74) is 0. The fourth-order valence-electron chi connectivity index (χ4n) is 3.48. The Labute approximate surface area is 131 Å². The molecule has 1 aromatic carbocycles. The molecule has 2 heterocycles. The van der Waals surface area contributed by atoms with E-state index in [1.807, 2.05) is 0 Å². The van der Waals surface area contributed by atoms with Crippen molar-refractivity contribution < 1.29 is 22.8 Å². The molecule has 3 rings (SSSR count). The minimum Gasteiger partial charge on any atom is -0.497 e. The van der Waals surface area contributed by atoms with Crippen LogP contribution in [0, 0.1) is 0 Å². The molecule has 1 unspecified atom stereocenters. The molecule has 2 fully saturated rings. The van der Waals surface area contributed by atoms with E-state index in [0.717, 1.165) is 13.0 Å². The number of rotatable bonds is 4. The molecule has 0 bridgehead atoms. The predicted octanol–water partition coefficient (Wildman–Crippen LogP) is -0.245. The van der Waals surface area contributed by atoms with Gasteiger partial charge in [-0.05, 0) is 12.1 Å². The monoisotopic (exact) mass is 327 g/mol. The van der Waals surface area contributed by atoms with Crippen LogP contribution in [0.1, 0.15) is 12.8 Å². The van der Waals surface area contributed by atoms with Gasteiger partial charge in [0.05, 0.1) is 40.4 Å². The Morgan fingerprint density at radius 3 is 2.77 bits per heavy atom. The Bertz CT molecular complexity index is 647. The summed E-state index contributed by atoms with van der Waals surface area (Å²) in [6.45, 7) is 3.21. The number of sulfonamides is 1. The molecule has 7 heteroatoms. The average Bonchev–Trinajstić information content (AvgIpc) is 3.01. The molecule has 0 saturated carbocycles. The number of ether oxygens (including phenoxy) is 2. The molecule has 0 aliphatic carbocycles. The molecule has 0 aromatic heterocycles. The second kappa shape index (κ2) is 6.06. The zero-order valence-corrected chi connectivity index (χ0v) is 13.9. The minimum absolute atomic E-state index is 0.191. The van der Waals surface area contributed by atoms with Crippen LogP contribution in [0.4, 0.5) is 0 Å². The first-order valence-electron chi connectivity index (χ1n) is 7.63. The van der Waals surface area contributed by atoms with Crippen LogP contribution in [-0.2, 0) is 10.0 Å². The first kappa shape index (κ1) is 15.6. The maximum Gasteiger partial charge on any atom is 0.247 e. The Morgan fingerprint density at radius 2 is 2.05 bits per heavy atom. The molecule has 2 atom stereocenters. The number of hydrogen-bond donors (Lipinski definition) is 1. The van der Waals surface area contributed by atoms with Crippen LogP contribution in [0.3, 0.4) is 0 Å². The van der Waals surface area contributed by atoms with Crippen molar-refractivity contribution in [1.82, 2.24) is 4.31 Å². The number of piperazine rings is 1. The molecule has 2 aliphatic rings. The predicted molar refractivity (Wildman–Crippen MR) is 82.0 cm³/mol. The van der Waals surface area contributed by atoms with E-state index in [1.54, 1.807) is 27.4 Å². The van der Waals surface area contributed by atoms with Crippen molar-refractivity contribution in [3.63, 3.8) is 0 Å². The van der Waals surface area contributed by atoms with Crippen molar-refractivity contribution in [2.24, 2.45) is 0 Å². The lowest BCUT2D eigenvalue weighted by Crippen LogP contribution is -3.16. The molecule has 2 saturated heterocycles. The second-order valence-corrected chi connectivity index (χ2v) is 7.78. The van der Waals surface area contributed by atoms with Gasteiger partial charge in [-0.1, -0.05) is 0 Å². The number of nitrogens with zero attached hydrogens (tertiary/aromatic N) is 1. The van der Waals surface area contributed by atoms with Crippen LogP contribution >= 0.6 is 0 Å². The van der Waals surface area contributed by atoms with Gasteiger partial charge in [0.1, 0.15) is 22.4 Å². The summed E-state index contributed by atoms with van der Waals surface area (Å²) in [7, 11) is -0.548. The summed E-state index contributed by atoms with van der Waals surface area (Å²) in [6.07, 6.45) is 2.30. The molecule has 0 amide bonds. The van der Waals surface area contributed by atoms with E-state index in [4.69, 9.17) is 9.47 Å². The van der Waals surface area contributed by atoms with Crippen LogP contribution < -0.4 is 14.4 Å². The molecule has 0 spiro atoms. The third-order valence-electron chi connectivity index (χ3n) is 4.72. The number of hydrogen-bond acceptors (Lipinski definition) is 4. The number of benzene rings is 1. The summed E-state index contributed by atoms with van der Waals surface area (Å²) < 4.78 is 38.0. The van der Waals surface area contributed by atoms with Gasteiger partial charge in [0.15, 0.2) is 0 Å². The number of methoxy groups -OCH3 is 2. The maximum absolute atomic E-state index is 13.0. The summed E-state index contributed by atoms with van der Waals surface area (Å²) >= 11 is 0. The Kier molecular flexibility index (Phi) is 4.29. The van der Waals surface area contributed by atoms with Crippen molar-refractivity contribution in [2.75, 3.05) is 40.4 Å². The SMILES string of the molecule is COc1ccc(OC)c(S(=O)(=O)N2CC[NH+]3CCC[C@@H]3C2)c1. The Hall–Kier alpha value is -1.31. The van der Waals surface area contributed by atoms with Gasteiger partial charge in [-0.25, -0.2) is 8.42 Å². The smallest absolute Gasteiger partial charge is 0.247 e. The second-order valence-electron chi connectivity index (χ2n) is 5.88. The Balaban J connectivity index is 1.92. The van der Waals surface area contributed by atoms with Crippen LogP contribution in [-0.4, -0.2) is 59.2 Å². The number of quaternary nitrogens is 1. The van der Waals surface area contributed by atoms with Crippen molar-refractivity contribution in [3.05, 3.63) is 18.2 Å². The van der Waals surface area contributed by atoms with E-state index >= 15 is 0 Å². The van der Waals surface area contributed by atoms with Crippen molar-refractivity contribution in [2.45, 2.75) is 23.8 Å². The maximum atomic E-state index is 13.0. The fraction of sp³-hybridized carbons (Fsp3) is 0.600. The first-order valence-corrected chi connectivity index (χ1v) is 9.07. The number of fused-ring (bicyclic) bond motifs is 1. The zero-order valence-electron chi connectivity index (χ0n) is 13.0. The van der Waals surface area contributed by atoms with Gasteiger partial charge >= 0.3 is 0 Å². The molecule has 1 N–H and O–H groups in total. The standard InChI is InChI=1S/C15H22N2O4S/c1-20-13-5-6-14(21-2)15(10-13)22(18,19)17-9-8-16-7-3-4-12(16)11-17/h5-6,10,12H,3-4,7-9,11H2,1-2H3/p+1/t12-/m1/s1. The van der Waals surface area contributed by atoms with E-state index in [9.17, 15) is 8.42 Å². The quantitative estimate of drug-likeness (QED) is 0.829. The van der Waals surface area contributed by atoms with Gasteiger partial charge in [0, 0.05) is 18.9 Å². The molecule has 0 radical (unpaired) electrons. The van der Waals surface area contributed by atoms with Crippen LogP contribution in [0.5, 0.6) is 11.5 Å². The third kappa shape index (κ3) is 2.68. The fourth-order valence-corrected chi connectivity index (χ4v) is 5.14. The van der Waals surface area contributed by atoms with Gasteiger partial charge in [-0.3, -0.25) is 0 Å². The van der Waals surface area contributed by atoms with Gasteiger partial charge in [-0.15, -0.1) is 0 Å². The van der Waals surface area contributed by atoms with Crippen molar-refractivity contribution in [1.29, 1.82) is 0 Å². The highest BCUT2D eigenvalue weighted by Gasteiger charge is 2.40. The van der Waals surface area contributed by atoms with Gasteiger partial charge < -0.3 is 14.4 Å². The highest BCUT2D eigenvalue weighted by molar-refractivity contribution is 7.89. The van der Waals surface area contributed by atoms with E-state index in [-0.39, 0.29) is 4.90 Å². The van der Waals surface area contributed by atoms with E-state index in [2.05, 4.69) is 0 Å². The van der Waals surface area contributed by atoms with Crippen molar-refractivity contribution >= 4 is 10.0 Å². The molecule has 2 aliphatic heterocycles. The third-order valence-corrected chi connectivity index (χ3v) is 6.61. The number of nitrogens with one attached hydrogen (secondary N) is 1. The average molecular weight is 327 g/mol. The highest BCUT2D eigenvalue weighted by atomic mass is 32.2. The van der Waals surface area contributed by atoms with E-state index < -0.39 is 10.0 Å². The van der Waals surface area contributed by atoms with E-state index in [1.165, 1.54) is 27.2 Å². The molecular weight excluding hydrogens is 304 g/mol. The largest absolute Gasteiger partial charge is 0.497 e. The summed E-state index contributed by atoms with van der Waals surface area (Å²) in [5, 5.41) is 0. The lowest BCUT2D eigenvalue weighted by molar-refractivity contribution is -0.916. The van der Waals surface area contributed by atoms with Crippen LogP contribution in [0.15, 0.2) is 23.1 Å². The molecule has 1 aromatic rings. The van der Waals surface area contributed by atoms with Crippen molar-refractivity contribution in [3.8, 4) is 11.5 Å². The minimum atomic E-state index is -3.56. The van der Waals surface area contributed by atoms with Crippen LogP contribution in [0.2, 0.25) is 0 Å². The molecule has 6 nitrogen and oxygen atoms in total. The summed E-state index contributed by atoms with van der Waals surface area (Å²) in [5.74, 6) is 0.881.